The Kier molecular flexibility index (Phi) is 9.73. The number of aliphatic carboxylic acids is 1. The molecule has 40 heavy (non-hydrogen) atoms. The number of nitrogens with zero attached hydrogens (tertiary/aromatic N) is 1. The Morgan fingerprint density at radius 2 is 1.60 bits per heavy atom. The van der Waals surface area contributed by atoms with Crippen molar-refractivity contribution in [1.82, 2.24) is 9.88 Å². The maximum absolute atomic E-state index is 13.8. The van der Waals surface area contributed by atoms with E-state index in [1.54, 1.807) is 32.4 Å². The minimum absolute atomic E-state index is 0.0917. The molecule has 3 aromatic rings. The normalized spacial score (nSPS) is 13.5. The Morgan fingerprint density at radius 1 is 1.00 bits per heavy atom. The second kappa shape index (κ2) is 12.6. The van der Waals surface area contributed by atoms with Crippen molar-refractivity contribution in [2.24, 2.45) is 18.7 Å². The molecule has 212 valence electrons. The minimum atomic E-state index is -2.14. The summed E-state index contributed by atoms with van der Waals surface area (Å²) in [7, 11) is 1.71. The first-order chi connectivity index (χ1) is 18.8. The van der Waals surface area contributed by atoms with E-state index in [1.807, 2.05) is 24.3 Å². The van der Waals surface area contributed by atoms with Crippen LogP contribution in [0.15, 0.2) is 42.5 Å². The van der Waals surface area contributed by atoms with Crippen molar-refractivity contribution in [2.45, 2.75) is 45.4 Å². The molecule has 2 aromatic carbocycles. The van der Waals surface area contributed by atoms with Crippen molar-refractivity contribution in [3.8, 4) is 0 Å². The number of carboxylic acids is 1. The number of esters is 1. The average Bonchev–Trinajstić information content (AvgIpc) is 3.14. The van der Waals surface area contributed by atoms with E-state index in [-0.39, 0.29) is 15.6 Å². The number of aromatic nitrogens is 1. The molecule has 0 fully saturated rings. The van der Waals surface area contributed by atoms with Gasteiger partial charge in [0.05, 0.1) is 34.1 Å². The number of benzene rings is 2. The molecule has 0 aliphatic rings. The van der Waals surface area contributed by atoms with E-state index >= 15 is 0 Å². The third-order valence-corrected chi connectivity index (χ3v) is 7.13. The number of carbonyl (C=O) groups excluding carboxylic acids is 4. The highest BCUT2D eigenvalue weighted by Crippen LogP contribution is 2.27. The van der Waals surface area contributed by atoms with E-state index in [9.17, 15) is 24.0 Å². The Bertz CT molecular complexity index is 1440. The molecule has 10 nitrogen and oxygen atoms in total. The Hall–Kier alpha value is -3.73. The van der Waals surface area contributed by atoms with Crippen LogP contribution in [0.1, 0.15) is 46.7 Å². The molecule has 0 bridgehead atoms. The van der Waals surface area contributed by atoms with E-state index in [4.69, 9.17) is 38.8 Å². The predicted molar refractivity (Wildman–Crippen MR) is 150 cm³/mol. The summed E-state index contributed by atoms with van der Waals surface area (Å²) in [5, 5.41) is 12.4. The molecular weight excluding hydrogens is 561 g/mol. The summed E-state index contributed by atoms with van der Waals surface area (Å²) in [5.74, 6) is -5.88. The first kappa shape index (κ1) is 30.8. The van der Waals surface area contributed by atoms with Gasteiger partial charge in [-0.3, -0.25) is 19.2 Å². The fourth-order valence-corrected chi connectivity index (χ4v) is 4.99. The maximum atomic E-state index is 13.8. The Labute approximate surface area is 240 Å². The zero-order chi connectivity index (χ0) is 29.9. The number of fused-ring (bicyclic) bond motifs is 1. The molecule has 0 aliphatic heterocycles. The van der Waals surface area contributed by atoms with Gasteiger partial charge in [-0.25, -0.2) is 4.79 Å². The van der Waals surface area contributed by atoms with Gasteiger partial charge in [-0.05, 0) is 36.6 Å². The monoisotopic (exact) mass is 589 g/mol. The second-order valence-electron chi connectivity index (χ2n) is 9.64. The van der Waals surface area contributed by atoms with Crippen LogP contribution in [-0.2, 0) is 26.2 Å². The van der Waals surface area contributed by atoms with Crippen LogP contribution in [0, 0.1) is 12.8 Å². The van der Waals surface area contributed by atoms with Gasteiger partial charge in [-0.2, -0.15) is 0 Å². The van der Waals surface area contributed by atoms with Crippen LogP contribution in [-0.4, -0.2) is 57.3 Å². The SMILES string of the molecule is Cc1c(C(=O)N[C@H](C(=O)C(OC(=O)c2c(Cl)cccc2Cl)C(=O)C(N)CC(=O)O)C(C)C)n(C)c2ccccc12. The number of ketones is 2. The van der Waals surface area contributed by atoms with Gasteiger partial charge in [0.2, 0.25) is 11.9 Å². The largest absolute Gasteiger partial charge is 0.481 e. The topological polar surface area (TPSA) is 158 Å². The van der Waals surface area contributed by atoms with Crippen LogP contribution < -0.4 is 11.1 Å². The molecule has 3 atom stereocenters. The van der Waals surface area contributed by atoms with Gasteiger partial charge in [-0.15, -0.1) is 0 Å². The van der Waals surface area contributed by atoms with Crippen molar-refractivity contribution < 1.29 is 33.8 Å². The van der Waals surface area contributed by atoms with Crippen LogP contribution in [0.5, 0.6) is 0 Å². The van der Waals surface area contributed by atoms with Crippen molar-refractivity contribution in [1.29, 1.82) is 0 Å². The second-order valence-corrected chi connectivity index (χ2v) is 10.5. The van der Waals surface area contributed by atoms with Crippen LogP contribution in [0.25, 0.3) is 10.9 Å². The number of halogens is 2. The highest BCUT2D eigenvalue weighted by atomic mass is 35.5. The molecule has 4 N–H and O–H groups in total. The van der Waals surface area contributed by atoms with Gasteiger partial charge in [-0.1, -0.05) is 61.3 Å². The molecular formula is C28H29Cl2N3O7. The molecule has 0 radical (unpaired) electrons. The molecule has 1 amide bonds. The predicted octanol–water partition coefficient (Wildman–Crippen LogP) is 3.71. The lowest BCUT2D eigenvalue weighted by Crippen LogP contribution is -2.55. The lowest BCUT2D eigenvalue weighted by atomic mass is 9.91. The zero-order valence-electron chi connectivity index (χ0n) is 22.2. The number of hydrogen-bond donors (Lipinski definition) is 3. The molecule has 3 rings (SSSR count). The van der Waals surface area contributed by atoms with E-state index < -0.39 is 59.9 Å². The molecule has 12 heteroatoms. The zero-order valence-corrected chi connectivity index (χ0v) is 23.7. The number of nitrogens with two attached hydrogens (primary N) is 1. The molecule has 0 saturated carbocycles. The summed E-state index contributed by atoms with van der Waals surface area (Å²) in [6.07, 6.45) is -2.96. The first-order valence-corrected chi connectivity index (χ1v) is 13.1. The first-order valence-electron chi connectivity index (χ1n) is 12.3. The quantitative estimate of drug-likeness (QED) is 0.225. The van der Waals surface area contributed by atoms with E-state index in [0.717, 1.165) is 10.9 Å². The standard InChI is InChI=1S/C28H29Cl2N3O7/c1-13(2)22(32-27(38)23-14(3)15-8-5-6-11-19(15)33(23)4)25(37)26(24(36)18(31)12-20(34)35)40-28(39)21-16(29)9-7-10-17(21)30/h5-11,13,18,22,26H,12,31H2,1-4H3,(H,32,38)(H,34,35)/t18?,22-,26?/m0/s1. The minimum Gasteiger partial charge on any atom is -0.481 e. The highest BCUT2D eigenvalue weighted by molar-refractivity contribution is 6.39. The number of rotatable bonds is 11. The summed E-state index contributed by atoms with van der Waals surface area (Å²) < 4.78 is 6.99. The lowest BCUT2D eigenvalue weighted by molar-refractivity contribution is -0.145. The number of ether oxygens (including phenoxy) is 1. The number of hydrogen-bond acceptors (Lipinski definition) is 7. The molecule has 1 aromatic heterocycles. The highest BCUT2D eigenvalue weighted by Gasteiger charge is 2.41. The van der Waals surface area contributed by atoms with Gasteiger partial charge < -0.3 is 25.5 Å². The van der Waals surface area contributed by atoms with Gasteiger partial charge in [0.25, 0.3) is 5.91 Å². The van der Waals surface area contributed by atoms with E-state index in [1.165, 1.54) is 18.2 Å². The summed E-state index contributed by atoms with van der Waals surface area (Å²) >= 11 is 12.2. The molecule has 0 aliphatic carbocycles. The smallest absolute Gasteiger partial charge is 0.342 e. The summed E-state index contributed by atoms with van der Waals surface area (Å²) in [5.41, 5.74) is 7.25. The fourth-order valence-electron chi connectivity index (χ4n) is 4.44. The van der Waals surface area contributed by atoms with Crippen molar-refractivity contribution in [3.63, 3.8) is 0 Å². The van der Waals surface area contributed by atoms with Gasteiger partial charge in [0.1, 0.15) is 5.69 Å². The van der Waals surface area contributed by atoms with Crippen LogP contribution in [0.4, 0.5) is 0 Å². The van der Waals surface area contributed by atoms with Crippen LogP contribution >= 0.6 is 23.2 Å². The number of nitrogens with one attached hydrogen (secondary N) is 1. The summed E-state index contributed by atoms with van der Waals surface area (Å²) in [6.45, 7) is 5.03. The van der Waals surface area contributed by atoms with Crippen molar-refractivity contribution >= 4 is 63.5 Å². The van der Waals surface area contributed by atoms with E-state index in [2.05, 4.69) is 5.32 Å². The summed E-state index contributed by atoms with van der Waals surface area (Å²) in [4.78, 5) is 64.7. The molecule has 0 saturated heterocycles. The summed E-state index contributed by atoms with van der Waals surface area (Å²) in [6, 6.07) is 8.61. The number of aryl methyl sites for hydroxylation is 2. The Morgan fingerprint density at radius 3 is 2.15 bits per heavy atom. The molecule has 0 spiro atoms. The van der Waals surface area contributed by atoms with Crippen molar-refractivity contribution in [2.75, 3.05) is 0 Å². The number of carboxylic acid groups (broad SMARTS) is 1. The number of Topliss-reactive ketones (excluding diaryl/α,β-unsaturated/α-hetero) is 2. The van der Waals surface area contributed by atoms with Gasteiger partial charge in [0, 0.05) is 18.0 Å². The van der Waals surface area contributed by atoms with Gasteiger partial charge >= 0.3 is 11.9 Å². The van der Waals surface area contributed by atoms with Crippen LogP contribution in [0.2, 0.25) is 10.0 Å². The van der Waals surface area contributed by atoms with Crippen LogP contribution in [0.3, 0.4) is 0 Å². The maximum Gasteiger partial charge on any atom is 0.342 e. The number of amides is 1. The van der Waals surface area contributed by atoms with Crippen molar-refractivity contribution in [3.05, 3.63) is 69.3 Å². The number of para-hydroxylation sites is 1. The number of carbonyl (C=O) groups is 5. The Balaban J connectivity index is 1.99. The molecule has 1 heterocycles. The molecule has 2 unspecified atom stereocenters. The lowest BCUT2D eigenvalue weighted by Gasteiger charge is -2.27. The van der Waals surface area contributed by atoms with E-state index in [0.29, 0.717) is 11.3 Å². The third kappa shape index (κ3) is 6.35. The average molecular weight is 590 g/mol. The third-order valence-electron chi connectivity index (χ3n) is 6.50. The fraction of sp³-hybridized carbons (Fsp3) is 0.321. The van der Waals surface area contributed by atoms with Gasteiger partial charge in [0.15, 0.2) is 5.78 Å².